The smallest absolute Gasteiger partial charge is 0.252 e. The van der Waals surface area contributed by atoms with Crippen LogP contribution in [0.1, 0.15) is 34.5 Å². The van der Waals surface area contributed by atoms with E-state index < -0.39 is 0 Å². The molecule has 0 fully saturated rings. The van der Waals surface area contributed by atoms with Crippen LogP contribution in [0.25, 0.3) is 11.0 Å². The number of hydrogen-bond acceptors (Lipinski definition) is 4. The molecule has 0 unspecified atom stereocenters. The summed E-state index contributed by atoms with van der Waals surface area (Å²) < 4.78 is 11.7. The number of hydrogen-bond donors (Lipinski definition) is 2. The predicted molar refractivity (Wildman–Crippen MR) is 124 cm³/mol. The Labute approximate surface area is 188 Å². The summed E-state index contributed by atoms with van der Waals surface area (Å²) in [5.74, 6) is 0.852. The van der Waals surface area contributed by atoms with Crippen molar-refractivity contribution in [3.63, 3.8) is 0 Å². The number of H-pyrrole nitrogens is 1. The van der Waals surface area contributed by atoms with Gasteiger partial charge < -0.3 is 19.8 Å². The van der Waals surface area contributed by atoms with Gasteiger partial charge in [-0.25, -0.2) is 4.98 Å². The summed E-state index contributed by atoms with van der Waals surface area (Å²) in [6.45, 7) is 2.35. The van der Waals surface area contributed by atoms with Gasteiger partial charge in [-0.05, 0) is 58.2 Å². The number of methoxy groups -OCH3 is 1. The molecule has 0 radical (unpaired) electrons. The van der Waals surface area contributed by atoms with Crippen molar-refractivity contribution in [1.82, 2.24) is 15.3 Å². The zero-order valence-electron chi connectivity index (χ0n) is 17.2. The molecule has 1 aromatic heterocycles. The van der Waals surface area contributed by atoms with Gasteiger partial charge in [-0.2, -0.15) is 0 Å². The summed E-state index contributed by atoms with van der Waals surface area (Å²) in [6, 6.07) is 18.9. The first-order valence-electron chi connectivity index (χ1n) is 9.90. The van der Waals surface area contributed by atoms with Gasteiger partial charge in [-0.3, -0.25) is 4.79 Å². The van der Waals surface area contributed by atoms with E-state index >= 15 is 0 Å². The summed E-state index contributed by atoms with van der Waals surface area (Å²) in [7, 11) is 1.57. The van der Waals surface area contributed by atoms with E-state index in [1.165, 1.54) is 0 Å². The summed E-state index contributed by atoms with van der Waals surface area (Å²) in [5, 5.41) is 3.17. The first-order valence-corrected chi connectivity index (χ1v) is 10.7. The number of rotatable bonds is 7. The van der Waals surface area contributed by atoms with Crippen molar-refractivity contribution in [3.8, 4) is 11.5 Å². The third-order valence-corrected chi connectivity index (χ3v) is 5.55. The third-order valence-electron chi connectivity index (χ3n) is 4.96. The molecule has 4 rings (SSSR count). The van der Waals surface area contributed by atoms with Gasteiger partial charge in [0, 0.05) is 5.56 Å². The maximum absolute atomic E-state index is 13.3. The van der Waals surface area contributed by atoms with Gasteiger partial charge in [-0.15, -0.1) is 0 Å². The lowest BCUT2D eigenvalue weighted by molar-refractivity contribution is 0.0942. The molecule has 2 N–H and O–H groups in total. The highest BCUT2D eigenvalue weighted by molar-refractivity contribution is 9.10. The summed E-state index contributed by atoms with van der Waals surface area (Å²) in [4.78, 5) is 20.7. The summed E-state index contributed by atoms with van der Waals surface area (Å²) in [6.07, 6.45) is 1.66. The molecule has 0 aliphatic rings. The van der Waals surface area contributed by atoms with E-state index in [0.29, 0.717) is 28.1 Å². The average molecular weight is 480 g/mol. The molecular formula is C24H22BrN3O3. The molecule has 31 heavy (non-hydrogen) atoms. The summed E-state index contributed by atoms with van der Waals surface area (Å²) >= 11 is 3.48. The second kappa shape index (κ2) is 9.22. The highest BCUT2D eigenvalue weighted by atomic mass is 79.9. The van der Waals surface area contributed by atoms with Crippen LogP contribution in [-0.2, 0) is 0 Å². The minimum atomic E-state index is -0.335. The lowest BCUT2D eigenvalue weighted by Crippen LogP contribution is -2.29. The zero-order chi connectivity index (χ0) is 21.8. The molecule has 0 spiro atoms. The van der Waals surface area contributed by atoms with E-state index in [1.807, 2.05) is 55.5 Å². The van der Waals surface area contributed by atoms with E-state index in [-0.39, 0.29) is 11.9 Å². The maximum Gasteiger partial charge on any atom is 0.252 e. The Bertz CT molecular complexity index is 1210. The molecule has 0 saturated carbocycles. The Balaban J connectivity index is 1.71. The normalized spacial score (nSPS) is 11.8. The Morgan fingerprint density at radius 1 is 1.13 bits per heavy atom. The van der Waals surface area contributed by atoms with Crippen LogP contribution in [0.4, 0.5) is 0 Å². The van der Waals surface area contributed by atoms with E-state index in [1.54, 1.807) is 25.6 Å². The number of ether oxygens (including phenoxy) is 2. The molecule has 0 aliphatic carbocycles. The lowest BCUT2D eigenvalue weighted by Gasteiger charge is -2.21. The van der Waals surface area contributed by atoms with Gasteiger partial charge >= 0.3 is 0 Å². The van der Waals surface area contributed by atoms with Crippen molar-refractivity contribution in [1.29, 1.82) is 0 Å². The van der Waals surface area contributed by atoms with E-state index in [2.05, 4.69) is 31.2 Å². The minimum absolute atomic E-state index is 0.220. The van der Waals surface area contributed by atoms with Crippen molar-refractivity contribution >= 4 is 32.9 Å². The van der Waals surface area contributed by atoms with Crippen LogP contribution < -0.4 is 14.8 Å². The topological polar surface area (TPSA) is 76.2 Å². The molecule has 0 bridgehead atoms. The highest BCUT2D eigenvalue weighted by Crippen LogP contribution is 2.37. The number of nitrogens with zero attached hydrogens (tertiary/aromatic N) is 1. The molecule has 3 aromatic carbocycles. The second-order valence-electron chi connectivity index (χ2n) is 6.92. The fourth-order valence-corrected chi connectivity index (χ4v) is 4.12. The highest BCUT2D eigenvalue weighted by Gasteiger charge is 2.21. The van der Waals surface area contributed by atoms with Crippen molar-refractivity contribution in [2.75, 3.05) is 13.7 Å². The standard InChI is InChI=1S/C24H22BrN3O3/c1-3-31-21-13-17(11-18(25)23(21)30-2)24(29)28-22(15-7-5-4-6-8-15)16-9-10-19-20(12-16)27-14-26-19/h4-14,22H,3H2,1-2H3,(H,26,27)(H,28,29)/t22-/m1/s1. The number of benzene rings is 3. The Morgan fingerprint density at radius 3 is 2.68 bits per heavy atom. The predicted octanol–water partition coefficient (Wildman–Crippen LogP) is 5.25. The second-order valence-corrected chi connectivity index (χ2v) is 7.77. The van der Waals surface area contributed by atoms with Gasteiger partial charge in [0.1, 0.15) is 0 Å². The van der Waals surface area contributed by atoms with Crippen LogP contribution in [0.3, 0.4) is 0 Å². The van der Waals surface area contributed by atoms with Crippen molar-refractivity contribution in [2.24, 2.45) is 0 Å². The van der Waals surface area contributed by atoms with Crippen LogP contribution in [0.5, 0.6) is 11.5 Å². The Hall–Kier alpha value is -3.32. The fraction of sp³-hybridized carbons (Fsp3) is 0.167. The van der Waals surface area contributed by atoms with E-state index in [9.17, 15) is 4.79 Å². The number of imidazole rings is 1. The van der Waals surface area contributed by atoms with Crippen LogP contribution in [-0.4, -0.2) is 29.6 Å². The number of fused-ring (bicyclic) bond motifs is 1. The molecule has 0 aliphatic heterocycles. The van der Waals surface area contributed by atoms with E-state index in [4.69, 9.17) is 9.47 Å². The van der Waals surface area contributed by atoms with Gasteiger partial charge in [-0.1, -0.05) is 36.4 Å². The molecule has 6 nitrogen and oxygen atoms in total. The first-order chi connectivity index (χ1) is 15.1. The quantitative estimate of drug-likeness (QED) is 0.379. The van der Waals surface area contributed by atoms with Crippen molar-refractivity contribution < 1.29 is 14.3 Å². The van der Waals surface area contributed by atoms with Gasteiger partial charge in [0.05, 0.1) is 41.6 Å². The molecule has 158 valence electrons. The molecule has 1 heterocycles. The summed E-state index contributed by atoms with van der Waals surface area (Å²) in [5.41, 5.74) is 4.20. The van der Waals surface area contributed by atoms with Crippen molar-refractivity contribution in [3.05, 3.63) is 88.2 Å². The van der Waals surface area contributed by atoms with Crippen molar-refractivity contribution in [2.45, 2.75) is 13.0 Å². The minimum Gasteiger partial charge on any atom is -0.492 e. The number of nitrogens with one attached hydrogen (secondary N) is 2. The maximum atomic E-state index is 13.3. The molecule has 7 heteroatoms. The number of aromatic nitrogens is 2. The van der Waals surface area contributed by atoms with Gasteiger partial charge in [0.25, 0.3) is 5.91 Å². The van der Waals surface area contributed by atoms with E-state index in [0.717, 1.165) is 22.2 Å². The number of carbonyl (C=O) groups is 1. The Morgan fingerprint density at radius 2 is 1.94 bits per heavy atom. The molecule has 1 amide bonds. The average Bonchev–Trinajstić information content (AvgIpc) is 3.26. The van der Waals surface area contributed by atoms with Crippen LogP contribution in [0.2, 0.25) is 0 Å². The number of amides is 1. The van der Waals surface area contributed by atoms with Crippen LogP contribution in [0.15, 0.2) is 71.5 Å². The number of aromatic amines is 1. The van der Waals surface area contributed by atoms with Crippen LogP contribution >= 0.6 is 15.9 Å². The monoisotopic (exact) mass is 479 g/mol. The lowest BCUT2D eigenvalue weighted by atomic mass is 9.97. The van der Waals surface area contributed by atoms with Gasteiger partial charge in [0.2, 0.25) is 0 Å². The Kier molecular flexibility index (Phi) is 6.23. The molecule has 4 aromatic rings. The molecule has 1 atom stereocenters. The largest absolute Gasteiger partial charge is 0.492 e. The number of carbonyl (C=O) groups excluding carboxylic acids is 1. The fourth-order valence-electron chi connectivity index (χ4n) is 3.51. The van der Waals surface area contributed by atoms with Crippen LogP contribution in [0, 0.1) is 0 Å². The molecule has 0 saturated heterocycles. The zero-order valence-corrected chi connectivity index (χ0v) is 18.8. The SMILES string of the molecule is CCOc1cc(C(=O)N[C@H](c2ccccc2)c2ccc3nc[nH]c3c2)cc(Br)c1OC. The number of halogens is 1. The first kappa shape index (κ1) is 20.9. The molecular weight excluding hydrogens is 458 g/mol. The van der Waals surface area contributed by atoms with Gasteiger partial charge in [0.15, 0.2) is 11.5 Å². The third kappa shape index (κ3) is 4.41.